The minimum Gasteiger partial charge on any atom is -0.489 e. The first-order valence-electron chi connectivity index (χ1n) is 13.2. The fraction of sp³-hybridized carbons (Fsp3) is 0.379. The number of hydrogen-bond donors (Lipinski definition) is 2. The summed E-state index contributed by atoms with van der Waals surface area (Å²) in [5.41, 5.74) is 2.00. The number of thioether (sulfide) groups is 1. The SMILES string of the molecule is O=C(O)CCN1C(=O)C2C3CC(C2C1=O)C1C3Sc2[nH]c(=O)sc2[C@@H]1c1cc(Br)ccc1OCc1ccccc1. The molecule has 2 aromatic carbocycles. The van der Waals surface area contributed by atoms with Crippen LogP contribution in [0.5, 0.6) is 5.75 Å². The zero-order chi connectivity index (χ0) is 27.7. The molecule has 2 amide bonds. The zero-order valence-corrected chi connectivity index (χ0v) is 24.3. The summed E-state index contributed by atoms with van der Waals surface area (Å²) in [6, 6.07) is 15.9. The van der Waals surface area contributed by atoms with Gasteiger partial charge >= 0.3 is 10.8 Å². The van der Waals surface area contributed by atoms with E-state index in [-0.39, 0.29) is 58.6 Å². The number of amides is 2. The molecule has 2 saturated carbocycles. The highest BCUT2D eigenvalue weighted by atomic mass is 79.9. The number of hydrogen-bond acceptors (Lipinski definition) is 7. The van der Waals surface area contributed by atoms with E-state index >= 15 is 0 Å². The lowest BCUT2D eigenvalue weighted by atomic mass is 9.68. The normalized spacial score (nSPS) is 29.8. The van der Waals surface area contributed by atoms with Crippen molar-refractivity contribution in [3.63, 3.8) is 0 Å². The van der Waals surface area contributed by atoms with E-state index in [4.69, 9.17) is 9.84 Å². The lowest BCUT2D eigenvalue weighted by Gasteiger charge is -2.43. The summed E-state index contributed by atoms with van der Waals surface area (Å²) in [7, 11) is 0. The van der Waals surface area contributed by atoms with Gasteiger partial charge in [0.2, 0.25) is 11.8 Å². The van der Waals surface area contributed by atoms with E-state index in [1.165, 1.54) is 16.2 Å². The number of benzene rings is 2. The van der Waals surface area contributed by atoms with Crippen molar-refractivity contribution in [3.8, 4) is 5.75 Å². The third kappa shape index (κ3) is 4.08. The largest absolute Gasteiger partial charge is 0.489 e. The Kier molecular flexibility index (Phi) is 6.43. The quantitative estimate of drug-likeness (QED) is 0.359. The number of carboxylic acid groups (broad SMARTS) is 1. The van der Waals surface area contributed by atoms with Gasteiger partial charge in [0, 0.05) is 32.6 Å². The van der Waals surface area contributed by atoms with Crippen molar-refractivity contribution in [1.29, 1.82) is 0 Å². The molecule has 7 atom stereocenters. The second-order valence-electron chi connectivity index (χ2n) is 10.9. The minimum absolute atomic E-state index is 0.0174. The predicted molar refractivity (Wildman–Crippen MR) is 152 cm³/mol. The molecule has 2 N–H and O–H groups in total. The fourth-order valence-electron chi connectivity index (χ4n) is 7.48. The van der Waals surface area contributed by atoms with Gasteiger partial charge in [-0.05, 0) is 47.9 Å². The van der Waals surface area contributed by atoms with Gasteiger partial charge in [-0.15, -0.1) is 11.8 Å². The van der Waals surface area contributed by atoms with Crippen molar-refractivity contribution in [2.75, 3.05) is 6.54 Å². The number of carbonyl (C=O) groups is 3. The van der Waals surface area contributed by atoms with Crippen LogP contribution in [0.1, 0.15) is 34.8 Å². The van der Waals surface area contributed by atoms with Gasteiger partial charge < -0.3 is 14.8 Å². The molecule has 40 heavy (non-hydrogen) atoms. The zero-order valence-electron chi connectivity index (χ0n) is 21.1. The second-order valence-corrected chi connectivity index (χ2v) is 14.0. The molecular weight excluding hydrogens is 616 g/mol. The predicted octanol–water partition coefficient (Wildman–Crippen LogP) is 4.73. The van der Waals surface area contributed by atoms with Crippen LogP contribution in [-0.2, 0) is 21.0 Å². The topological polar surface area (TPSA) is 117 Å². The van der Waals surface area contributed by atoms with Crippen LogP contribution in [0.3, 0.4) is 0 Å². The molecule has 3 fully saturated rings. The molecule has 6 unspecified atom stereocenters. The lowest BCUT2D eigenvalue weighted by Crippen LogP contribution is -2.42. The Morgan fingerprint density at radius 2 is 1.82 bits per heavy atom. The number of carbonyl (C=O) groups excluding carboxylic acids is 2. The van der Waals surface area contributed by atoms with E-state index in [9.17, 15) is 19.2 Å². The summed E-state index contributed by atoms with van der Waals surface area (Å²) >= 11 is 6.47. The number of thiazole rings is 1. The van der Waals surface area contributed by atoms with Crippen molar-refractivity contribution in [2.24, 2.45) is 29.6 Å². The van der Waals surface area contributed by atoms with Gasteiger partial charge in [-0.3, -0.25) is 24.1 Å². The van der Waals surface area contributed by atoms with E-state index in [1.807, 2.05) is 42.5 Å². The summed E-state index contributed by atoms with van der Waals surface area (Å²) < 4.78 is 7.27. The number of carboxylic acids is 1. The van der Waals surface area contributed by atoms with Crippen LogP contribution in [0.4, 0.5) is 0 Å². The first-order valence-corrected chi connectivity index (χ1v) is 15.7. The first kappa shape index (κ1) is 26.0. The van der Waals surface area contributed by atoms with Gasteiger partial charge in [-0.2, -0.15) is 0 Å². The van der Waals surface area contributed by atoms with Gasteiger partial charge in [0.15, 0.2) is 0 Å². The van der Waals surface area contributed by atoms with Crippen molar-refractivity contribution in [3.05, 3.63) is 78.7 Å². The third-order valence-corrected chi connectivity index (χ3v) is 12.0. The fourth-order valence-corrected chi connectivity index (χ4v) is 10.7. The number of fused-ring (bicyclic) bond motifs is 9. The molecule has 8 nitrogen and oxygen atoms in total. The molecule has 11 heteroatoms. The number of halogens is 1. The van der Waals surface area contributed by atoms with Gasteiger partial charge in [0.05, 0.1) is 23.3 Å². The third-order valence-electron chi connectivity index (χ3n) is 8.91. The first-order chi connectivity index (χ1) is 19.3. The molecule has 1 aromatic heterocycles. The molecule has 0 spiro atoms. The number of imide groups is 1. The van der Waals surface area contributed by atoms with Crippen molar-refractivity contribution in [2.45, 2.75) is 35.6 Å². The summed E-state index contributed by atoms with van der Waals surface area (Å²) in [6.45, 7) is 0.304. The van der Waals surface area contributed by atoms with E-state index in [2.05, 4.69) is 27.0 Å². The molecule has 0 radical (unpaired) electrons. The summed E-state index contributed by atoms with van der Waals surface area (Å²) in [4.78, 5) is 55.8. The van der Waals surface area contributed by atoms with Crippen LogP contribution in [0, 0.1) is 29.6 Å². The number of aliphatic carboxylic acids is 1. The van der Waals surface area contributed by atoms with Crippen LogP contribution in [0.15, 0.2) is 62.8 Å². The highest BCUT2D eigenvalue weighted by molar-refractivity contribution is 9.10. The molecule has 206 valence electrons. The molecule has 2 bridgehead atoms. The van der Waals surface area contributed by atoms with Crippen LogP contribution >= 0.6 is 39.0 Å². The molecule has 2 aliphatic heterocycles. The van der Waals surface area contributed by atoms with Crippen LogP contribution in [-0.4, -0.2) is 44.6 Å². The van der Waals surface area contributed by atoms with Gasteiger partial charge in [-0.1, -0.05) is 57.6 Å². The maximum atomic E-state index is 13.6. The monoisotopic (exact) mass is 640 g/mol. The molecule has 1 saturated heterocycles. The van der Waals surface area contributed by atoms with E-state index in [1.54, 1.807) is 11.8 Å². The van der Waals surface area contributed by atoms with Gasteiger partial charge in [-0.25, -0.2) is 0 Å². The number of nitrogens with one attached hydrogen (secondary N) is 1. The number of H-pyrrole nitrogens is 1. The van der Waals surface area contributed by atoms with Crippen LogP contribution in [0.2, 0.25) is 0 Å². The second kappa shape index (κ2) is 9.88. The maximum Gasteiger partial charge on any atom is 0.305 e. The van der Waals surface area contributed by atoms with Crippen molar-refractivity contribution in [1.82, 2.24) is 9.88 Å². The number of nitrogens with zero attached hydrogens (tertiary/aromatic N) is 1. The average molecular weight is 642 g/mol. The number of likely N-dealkylation sites (tertiary alicyclic amines) is 1. The van der Waals surface area contributed by atoms with E-state index in [0.29, 0.717) is 6.61 Å². The van der Waals surface area contributed by atoms with Crippen molar-refractivity contribution >= 4 is 56.8 Å². The Morgan fingerprint density at radius 1 is 1.07 bits per heavy atom. The maximum absolute atomic E-state index is 13.6. The summed E-state index contributed by atoms with van der Waals surface area (Å²) in [5.74, 6) is -1.88. The van der Waals surface area contributed by atoms with Crippen LogP contribution < -0.4 is 9.61 Å². The minimum atomic E-state index is -1.03. The van der Waals surface area contributed by atoms with Crippen molar-refractivity contribution < 1.29 is 24.2 Å². The Labute approximate surface area is 246 Å². The van der Waals surface area contributed by atoms with E-state index in [0.717, 1.165) is 37.7 Å². The Hall–Kier alpha value is -2.89. The van der Waals surface area contributed by atoms with Gasteiger partial charge in [0.1, 0.15) is 12.4 Å². The summed E-state index contributed by atoms with van der Waals surface area (Å²) in [6.07, 6.45) is 0.515. The van der Waals surface area contributed by atoms with E-state index < -0.39 is 17.8 Å². The molecule has 2 aliphatic carbocycles. The summed E-state index contributed by atoms with van der Waals surface area (Å²) in [5, 5.41) is 10.0. The highest BCUT2D eigenvalue weighted by Crippen LogP contribution is 2.69. The average Bonchev–Trinajstić information content (AvgIpc) is 3.66. The smallest absolute Gasteiger partial charge is 0.305 e. The standard InChI is InChI=1S/C29H25BrN2O6S2/c30-14-6-7-18(38-12-13-4-2-1-3-5-13)15(10-14)20-21-16-11-17(24(21)39-26-25(20)40-29(37)31-26)23-22(16)27(35)32(28(23)36)9-8-19(33)34/h1-7,10,16-17,20-24H,8-9,11-12H2,(H,31,37)(H,33,34)/t16?,17?,20-,21?,22?,23?,24?/m1/s1. The number of rotatable bonds is 7. The molecule has 7 rings (SSSR count). The Bertz CT molecular complexity index is 1590. The Morgan fingerprint density at radius 3 is 2.58 bits per heavy atom. The number of aromatic nitrogens is 1. The molecule has 3 aromatic rings. The Balaban J connectivity index is 1.29. The van der Waals surface area contributed by atoms with Gasteiger partial charge in [0.25, 0.3) is 0 Å². The highest BCUT2D eigenvalue weighted by Gasteiger charge is 2.69. The molecular formula is C29H25BrN2O6S2. The molecule has 3 heterocycles. The number of aromatic amines is 1. The lowest BCUT2D eigenvalue weighted by molar-refractivity contribution is -0.142. The molecule has 4 aliphatic rings. The van der Waals surface area contributed by atoms with Crippen LogP contribution in [0.25, 0.3) is 0 Å². The number of ether oxygens (including phenoxy) is 1.